The third-order valence-corrected chi connectivity index (χ3v) is 4.21. The van der Waals surface area contributed by atoms with Crippen LogP contribution < -0.4 is 5.32 Å². The van der Waals surface area contributed by atoms with Crippen molar-refractivity contribution in [3.63, 3.8) is 0 Å². The SMILES string of the molecule is C[C@@H]1COCCN1C(=O)[C@@H](C)Nc1ncnc2cc(Cl)ccc12. The van der Waals surface area contributed by atoms with Crippen LogP contribution in [0.25, 0.3) is 10.9 Å². The molecule has 23 heavy (non-hydrogen) atoms. The molecule has 1 aliphatic rings. The van der Waals surface area contributed by atoms with Crippen molar-refractivity contribution < 1.29 is 9.53 Å². The van der Waals surface area contributed by atoms with Gasteiger partial charge in [0.1, 0.15) is 18.2 Å². The first-order valence-corrected chi connectivity index (χ1v) is 7.99. The fourth-order valence-corrected chi connectivity index (χ4v) is 2.88. The standard InChI is InChI=1S/C16H19ClN4O2/c1-10-8-23-6-5-21(10)16(22)11(2)20-15-13-4-3-12(17)7-14(13)18-9-19-15/h3-4,7,9-11H,5-6,8H2,1-2H3,(H,18,19,20)/t10-,11-/m1/s1. The number of nitrogens with zero attached hydrogens (tertiary/aromatic N) is 3. The topological polar surface area (TPSA) is 67.3 Å². The Hall–Kier alpha value is -1.92. The number of fused-ring (bicyclic) bond motifs is 1. The summed E-state index contributed by atoms with van der Waals surface area (Å²) in [6.07, 6.45) is 1.47. The van der Waals surface area contributed by atoms with E-state index in [1.165, 1.54) is 6.33 Å². The lowest BCUT2D eigenvalue weighted by Crippen LogP contribution is -2.51. The molecule has 3 rings (SSSR count). The number of aromatic nitrogens is 2. The van der Waals surface area contributed by atoms with Gasteiger partial charge in [0.25, 0.3) is 0 Å². The number of benzene rings is 1. The molecule has 1 N–H and O–H groups in total. The number of rotatable bonds is 3. The molecule has 7 heteroatoms. The molecule has 2 aromatic rings. The van der Waals surface area contributed by atoms with Crippen LogP contribution >= 0.6 is 11.6 Å². The lowest BCUT2D eigenvalue weighted by atomic mass is 10.2. The average molecular weight is 335 g/mol. The second-order valence-electron chi connectivity index (χ2n) is 5.71. The number of ether oxygens (including phenoxy) is 1. The number of morpholine rings is 1. The summed E-state index contributed by atoms with van der Waals surface area (Å²) in [5.41, 5.74) is 0.745. The zero-order valence-electron chi connectivity index (χ0n) is 13.1. The fraction of sp³-hybridized carbons (Fsp3) is 0.438. The maximum absolute atomic E-state index is 12.6. The van der Waals surface area contributed by atoms with Crippen LogP contribution in [0, 0.1) is 0 Å². The minimum absolute atomic E-state index is 0.0431. The van der Waals surface area contributed by atoms with Gasteiger partial charge in [0.2, 0.25) is 5.91 Å². The number of anilines is 1. The summed E-state index contributed by atoms with van der Waals surface area (Å²) in [7, 11) is 0. The first-order valence-electron chi connectivity index (χ1n) is 7.61. The average Bonchev–Trinajstić information content (AvgIpc) is 2.54. The Morgan fingerprint density at radius 1 is 1.48 bits per heavy atom. The number of carbonyl (C=O) groups is 1. The van der Waals surface area contributed by atoms with Crippen LogP contribution in [0.15, 0.2) is 24.5 Å². The van der Waals surface area contributed by atoms with Gasteiger partial charge in [-0.25, -0.2) is 9.97 Å². The van der Waals surface area contributed by atoms with E-state index in [0.717, 1.165) is 10.9 Å². The zero-order chi connectivity index (χ0) is 16.4. The summed E-state index contributed by atoms with van der Waals surface area (Å²) in [5, 5.41) is 4.65. The van der Waals surface area contributed by atoms with Gasteiger partial charge in [-0.3, -0.25) is 4.79 Å². The third-order valence-electron chi connectivity index (χ3n) is 3.97. The Morgan fingerprint density at radius 3 is 3.09 bits per heavy atom. The van der Waals surface area contributed by atoms with Crippen LogP contribution in [0.2, 0.25) is 5.02 Å². The van der Waals surface area contributed by atoms with Crippen molar-refractivity contribution in [2.45, 2.75) is 25.9 Å². The van der Waals surface area contributed by atoms with Gasteiger partial charge in [0, 0.05) is 17.0 Å². The summed E-state index contributed by atoms with van der Waals surface area (Å²) >= 11 is 5.99. The van der Waals surface area contributed by atoms with Crippen molar-refractivity contribution >= 4 is 34.2 Å². The number of halogens is 1. The van der Waals surface area contributed by atoms with Crippen LogP contribution in [0.5, 0.6) is 0 Å². The van der Waals surface area contributed by atoms with Crippen molar-refractivity contribution in [2.24, 2.45) is 0 Å². The van der Waals surface area contributed by atoms with Crippen molar-refractivity contribution in [3.8, 4) is 0 Å². The number of hydrogen-bond acceptors (Lipinski definition) is 5. The number of amides is 1. The fourth-order valence-electron chi connectivity index (χ4n) is 2.72. The Labute approximate surface area is 139 Å². The summed E-state index contributed by atoms with van der Waals surface area (Å²) in [6.45, 7) is 5.61. The monoisotopic (exact) mass is 334 g/mol. The molecule has 1 aromatic carbocycles. The summed E-state index contributed by atoms with van der Waals surface area (Å²) in [6, 6.07) is 5.12. The van der Waals surface area contributed by atoms with E-state index in [4.69, 9.17) is 16.3 Å². The molecule has 1 aromatic heterocycles. The van der Waals surface area contributed by atoms with Gasteiger partial charge in [0.05, 0.1) is 24.8 Å². The Morgan fingerprint density at radius 2 is 2.30 bits per heavy atom. The second-order valence-corrected chi connectivity index (χ2v) is 6.14. The summed E-state index contributed by atoms with van der Waals surface area (Å²) in [5.74, 6) is 0.676. The maximum atomic E-state index is 12.6. The number of hydrogen-bond donors (Lipinski definition) is 1. The zero-order valence-corrected chi connectivity index (χ0v) is 13.9. The van der Waals surface area contributed by atoms with Gasteiger partial charge in [-0.2, -0.15) is 0 Å². The summed E-state index contributed by atoms with van der Waals surface area (Å²) in [4.78, 5) is 23.0. The molecule has 0 radical (unpaired) electrons. The Kier molecular flexibility index (Phi) is 4.63. The minimum atomic E-state index is -0.385. The van der Waals surface area contributed by atoms with Gasteiger partial charge in [0.15, 0.2) is 0 Å². The second kappa shape index (κ2) is 6.68. The minimum Gasteiger partial charge on any atom is -0.377 e. The molecule has 0 aliphatic carbocycles. The Balaban J connectivity index is 1.80. The number of nitrogens with one attached hydrogen (secondary N) is 1. The molecular weight excluding hydrogens is 316 g/mol. The first kappa shape index (κ1) is 16.0. The van der Waals surface area contributed by atoms with E-state index in [1.807, 2.05) is 24.8 Å². The quantitative estimate of drug-likeness (QED) is 0.933. The predicted molar refractivity (Wildman–Crippen MR) is 89.6 cm³/mol. The smallest absolute Gasteiger partial charge is 0.245 e. The van der Waals surface area contributed by atoms with Crippen molar-refractivity contribution in [2.75, 3.05) is 25.1 Å². The van der Waals surface area contributed by atoms with E-state index in [9.17, 15) is 4.79 Å². The van der Waals surface area contributed by atoms with Crippen LogP contribution in [0.4, 0.5) is 5.82 Å². The van der Waals surface area contributed by atoms with E-state index >= 15 is 0 Å². The van der Waals surface area contributed by atoms with Crippen molar-refractivity contribution in [1.29, 1.82) is 0 Å². The van der Waals surface area contributed by atoms with Crippen LogP contribution in [0.3, 0.4) is 0 Å². The Bertz CT molecular complexity index is 724. The van der Waals surface area contributed by atoms with Crippen molar-refractivity contribution in [3.05, 3.63) is 29.5 Å². The van der Waals surface area contributed by atoms with Gasteiger partial charge >= 0.3 is 0 Å². The highest BCUT2D eigenvalue weighted by atomic mass is 35.5. The molecule has 1 fully saturated rings. The predicted octanol–water partition coefficient (Wildman–Crippen LogP) is 2.33. The molecule has 0 spiro atoms. The van der Waals surface area contributed by atoms with Crippen molar-refractivity contribution in [1.82, 2.24) is 14.9 Å². The highest BCUT2D eigenvalue weighted by Crippen LogP contribution is 2.23. The van der Waals surface area contributed by atoms with Gasteiger partial charge in [-0.1, -0.05) is 11.6 Å². The van der Waals surface area contributed by atoms with E-state index in [0.29, 0.717) is 30.6 Å². The largest absolute Gasteiger partial charge is 0.377 e. The molecule has 0 unspecified atom stereocenters. The number of carbonyl (C=O) groups excluding carboxylic acids is 1. The molecule has 1 amide bonds. The van der Waals surface area contributed by atoms with Crippen LogP contribution in [-0.2, 0) is 9.53 Å². The van der Waals surface area contributed by atoms with Crippen LogP contribution in [-0.4, -0.2) is 52.6 Å². The van der Waals surface area contributed by atoms with E-state index in [-0.39, 0.29) is 18.0 Å². The molecule has 0 bridgehead atoms. The molecule has 2 atom stereocenters. The molecule has 1 saturated heterocycles. The van der Waals surface area contributed by atoms with Crippen LogP contribution in [0.1, 0.15) is 13.8 Å². The van der Waals surface area contributed by atoms with E-state index in [1.54, 1.807) is 12.1 Å². The molecular formula is C16H19ClN4O2. The van der Waals surface area contributed by atoms with E-state index < -0.39 is 0 Å². The highest BCUT2D eigenvalue weighted by molar-refractivity contribution is 6.31. The normalized spacial score (nSPS) is 19.6. The maximum Gasteiger partial charge on any atom is 0.245 e. The summed E-state index contributed by atoms with van der Waals surface area (Å²) < 4.78 is 5.38. The van der Waals surface area contributed by atoms with Gasteiger partial charge < -0.3 is 15.0 Å². The highest BCUT2D eigenvalue weighted by Gasteiger charge is 2.27. The lowest BCUT2D eigenvalue weighted by molar-refractivity contribution is -0.139. The molecule has 1 aliphatic heterocycles. The lowest BCUT2D eigenvalue weighted by Gasteiger charge is -2.35. The molecule has 6 nitrogen and oxygen atoms in total. The van der Waals surface area contributed by atoms with Gasteiger partial charge in [-0.05, 0) is 32.0 Å². The molecule has 0 saturated carbocycles. The molecule has 2 heterocycles. The van der Waals surface area contributed by atoms with Gasteiger partial charge in [-0.15, -0.1) is 0 Å². The molecule has 122 valence electrons. The third kappa shape index (κ3) is 3.38. The van der Waals surface area contributed by atoms with E-state index in [2.05, 4.69) is 15.3 Å². The first-order chi connectivity index (χ1) is 11.1.